The average Bonchev–Trinajstić information content (AvgIpc) is 3.59. The number of hydrogen-bond donors (Lipinski definition) is 0. The van der Waals surface area contributed by atoms with Crippen LogP contribution in [0.1, 0.15) is 86.9 Å². The van der Waals surface area contributed by atoms with E-state index in [9.17, 15) is 0 Å². The molecule has 4 aromatic rings. The predicted molar refractivity (Wildman–Crippen MR) is 174 cm³/mol. The van der Waals surface area contributed by atoms with Gasteiger partial charge in [0, 0.05) is 0 Å². The number of fused-ring (bicyclic) bond motifs is 3. The van der Waals surface area contributed by atoms with Crippen molar-refractivity contribution in [3.05, 3.63) is 145 Å². The van der Waals surface area contributed by atoms with Crippen molar-refractivity contribution < 1.29 is 46.1 Å². The second-order valence-corrected chi connectivity index (χ2v) is 19.9. The van der Waals surface area contributed by atoms with Crippen LogP contribution in [0.5, 0.6) is 0 Å². The topological polar surface area (TPSA) is 0 Å². The van der Waals surface area contributed by atoms with Crippen molar-refractivity contribution in [3.8, 4) is 11.1 Å². The first-order chi connectivity index (χ1) is 19.5. The smallest absolute Gasteiger partial charge is 1.00 e. The molecule has 0 saturated carbocycles. The van der Waals surface area contributed by atoms with Gasteiger partial charge in [-0.1, -0.05) is 0 Å². The Labute approximate surface area is 279 Å². The van der Waals surface area contributed by atoms with Crippen LogP contribution in [0.4, 0.5) is 0 Å². The van der Waals surface area contributed by atoms with Gasteiger partial charge in [0.1, 0.15) is 0 Å². The van der Waals surface area contributed by atoms with E-state index in [1.165, 1.54) is 44.5 Å². The standard InChI is InChI=1S/C21H25.C14H12.C5H5.2ClH.Zr/c1-20(2,3)16-9-7-14-11-15-8-10-17(21(4,5)6)13-19(15)18(14)12-16;1-12-7-9-14(10-8-12)11-13-5-3-2-4-6-13;1-2-4-5-3-1;;;/h7,9-10,12-13H,11H2,1-6H3;2-10H,1H3;1-3H,4H2;2*1H;/q;;;;;+2/p-2. The minimum absolute atomic E-state index is 0. The summed E-state index contributed by atoms with van der Waals surface area (Å²) in [5.41, 5.74) is 13.2. The Balaban J connectivity index is 0.00000212. The maximum absolute atomic E-state index is 2.67. The van der Waals surface area contributed by atoms with Crippen LogP contribution in [0.25, 0.3) is 11.1 Å². The van der Waals surface area contributed by atoms with Crippen LogP contribution in [0.3, 0.4) is 0 Å². The number of allylic oxidation sites excluding steroid dienone is 4. The van der Waals surface area contributed by atoms with E-state index < -0.39 is 21.3 Å². The summed E-state index contributed by atoms with van der Waals surface area (Å²) in [6, 6.07) is 33.1. The summed E-state index contributed by atoms with van der Waals surface area (Å²) >= 11 is -2.67. The molecule has 0 heterocycles. The summed E-state index contributed by atoms with van der Waals surface area (Å²) in [5, 5.41) is 0. The first-order valence-electron chi connectivity index (χ1n) is 15.0. The first kappa shape index (κ1) is 33.6. The van der Waals surface area contributed by atoms with Gasteiger partial charge in [0.15, 0.2) is 0 Å². The van der Waals surface area contributed by atoms with Crippen molar-refractivity contribution in [1.29, 1.82) is 0 Å². The second kappa shape index (κ2) is 13.0. The molecule has 0 saturated heterocycles. The van der Waals surface area contributed by atoms with E-state index in [1.54, 1.807) is 15.3 Å². The third kappa shape index (κ3) is 6.71. The fraction of sp³-hybridized carbons (Fsp3) is 0.275. The molecule has 0 radical (unpaired) electrons. The zero-order chi connectivity index (χ0) is 28.9. The number of rotatable bonds is 4. The van der Waals surface area contributed by atoms with Crippen LogP contribution in [0.2, 0.25) is 0 Å². The quantitative estimate of drug-likeness (QED) is 0.272. The van der Waals surface area contributed by atoms with E-state index in [4.69, 9.17) is 0 Å². The van der Waals surface area contributed by atoms with Crippen molar-refractivity contribution in [2.75, 3.05) is 0 Å². The van der Waals surface area contributed by atoms with Gasteiger partial charge >= 0.3 is 256 Å². The van der Waals surface area contributed by atoms with Crippen LogP contribution in [-0.2, 0) is 38.5 Å². The zero-order valence-electron chi connectivity index (χ0n) is 26.5. The summed E-state index contributed by atoms with van der Waals surface area (Å²) in [5.74, 6) is 0. The van der Waals surface area contributed by atoms with E-state index in [-0.39, 0.29) is 35.6 Å². The van der Waals surface area contributed by atoms with Crippen molar-refractivity contribution >= 4 is 6.48 Å². The largest absolute Gasteiger partial charge is 1.00 e. The molecule has 2 aliphatic carbocycles. The van der Waals surface area contributed by atoms with Crippen LogP contribution in [-0.4, -0.2) is 3.21 Å². The summed E-state index contributed by atoms with van der Waals surface area (Å²) < 4.78 is 4.94. The number of aryl methyl sites for hydroxylation is 1. The minimum atomic E-state index is -2.67. The molecule has 2 aliphatic rings. The Bertz CT molecular complexity index is 1720. The summed E-state index contributed by atoms with van der Waals surface area (Å²) in [6.45, 7) is 16.3. The van der Waals surface area contributed by atoms with Crippen LogP contribution < -0.4 is 28.1 Å². The van der Waals surface area contributed by atoms with Crippen LogP contribution >= 0.6 is 0 Å². The summed E-state index contributed by atoms with van der Waals surface area (Å²) in [7, 11) is 0. The van der Waals surface area contributed by atoms with Crippen molar-refractivity contribution in [2.24, 2.45) is 0 Å². The normalized spacial score (nSPS) is 13.8. The molecule has 0 bridgehead atoms. The van der Waals surface area contributed by atoms with Gasteiger partial charge < -0.3 is 24.8 Å². The van der Waals surface area contributed by atoms with Crippen LogP contribution in [0.15, 0.2) is 106 Å². The van der Waals surface area contributed by atoms with Gasteiger partial charge in [-0.2, -0.15) is 0 Å². The predicted octanol–water partition coefficient (Wildman–Crippen LogP) is 3.53. The molecular formula is C40H42Cl2Zr. The third-order valence-electron chi connectivity index (χ3n) is 8.76. The molecule has 4 aromatic carbocycles. The molecule has 0 amide bonds. The maximum Gasteiger partial charge on any atom is -1.00 e. The molecule has 6 rings (SSSR count). The van der Waals surface area contributed by atoms with Gasteiger partial charge in [-0.3, -0.25) is 0 Å². The van der Waals surface area contributed by atoms with E-state index in [0.717, 1.165) is 12.8 Å². The Hall–Kier alpha value is -2.31. The Morgan fingerprint density at radius 3 is 1.91 bits per heavy atom. The van der Waals surface area contributed by atoms with Gasteiger partial charge in [-0.25, -0.2) is 0 Å². The second-order valence-electron chi connectivity index (χ2n) is 13.9. The number of hydrogen-bond acceptors (Lipinski definition) is 0. The third-order valence-corrected chi connectivity index (χ3v) is 16.3. The van der Waals surface area contributed by atoms with Gasteiger partial charge in [0.25, 0.3) is 0 Å². The molecular weight excluding hydrogens is 643 g/mol. The van der Waals surface area contributed by atoms with Crippen molar-refractivity contribution in [3.63, 3.8) is 0 Å². The van der Waals surface area contributed by atoms with E-state index in [0.29, 0.717) is 0 Å². The Morgan fingerprint density at radius 2 is 1.30 bits per heavy atom. The Kier molecular flexibility index (Phi) is 10.1. The monoisotopic (exact) mass is 682 g/mol. The molecule has 0 spiro atoms. The SMILES string of the molecule is Cc1ccc(/[C](c2ccccc2)=[Zr+2](\[C]2=CC=CC2)[c]2cc(C(C)(C)C)cc3c2Cc2ccc(C(C)(C)C)cc2-3)cc1.[Cl-].[Cl-]. The zero-order valence-corrected chi connectivity index (χ0v) is 30.5. The van der Waals surface area contributed by atoms with E-state index >= 15 is 0 Å². The fourth-order valence-electron chi connectivity index (χ4n) is 6.28. The molecule has 0 atom stereocenters. The van der Waals surface area contributed by atoms with Crippen LogP contribution in [0, 0.1) is 6.92 Å². The van der Waals surface area contributed by atoms with E-state index in [1.807, 2.05) is 0 Å². The molecule has 0 aliphatic heterocycles. The van der Waals surface area contributed by atoms with Gasteiger partial charge in [-0.05, 0) is 0 Å². The molecule has 0 nitrogen and oxygen atoms in total. The molecule has 0 fully saturated rings. The molecule has 0 N–H and O–H groups in total. The minimum Gasteiger partial charge on any atom is -1.00 e. The van der Waals surface area contributed by atoms with Crippen molar-refractivity contribution in [2.45, 2.75) is 72.1 Å². The number of benzene rings is 4. The number of halogens is 2. The first-order valence-corrected chi connectivity index (χ1v) is 18.7. The summed E-state index contributed by atoms with van der Waals surface area (Å²) in [4.78, 5) is 0. The molecule has 0 unspecified atom stereocenters. The molecule has 43 heavy (non-hydrogen) atoms. The Morgan fingerprint density at radius 1 is 0.674 bits per heavy atom. The average molecular weight is 685 g/mol. The van der Waals surface area contributed by atoms with Gasteiger partial charge in [-0.15, -0.1) is 0 Å². The van der Waals surface area contributed by atoms with E-state index in [2.05, 4.69) is 152 Å². The molecule has 220 valence electrons. The molecule has 0 aromatic heterocycles. The maximum atomic E-state index is 2.64. The van der Waals surface area contributed by atoms with Gasteiger partial charge in [0.2, 0.25) is 0 Å². The van der Waals surface area contributed by atoms with Gasteiger partial charge in [0.05, 0.1) is 0 Å². The fourth-order valence-corrected chi connectivity index (χ4v) is 14.3. The summed E-state index contributed by atoms with van der Waals surface area (Å²) in [6.07, 6.45) is 9.24. The molecule has 3 heteroatoms. The van der Waals surface area contributed by atoms with Crippen molar-refractivity contribution in [1.82, 2.24) is 0 Å².